The molecule has 0 fully saturated rings. The zero-order chi connectivity index (χ0) is 23.5. The Morgan fingerprint density at radius 2 is 1.82 bits per heavy atom. The van der Waals surface area contributed by atoms with Crippen molar-refractivity contribution in [3.05, 3.63) is 110 Å². The van der Waals surface area contributed by atoms with Crippen molar-refractivity contribution in [2.45, 2.75) is 20.1 Å². The summed E-state index contributed by atoms with van der Waals surface area (Å²) in [5, 5.41) is 4.59. The van der Waals surface area contributed by atoms with Gasteiger partial charge in [-0.15, -0.1) is 11.3 Å². The quantitative estimate of drug-likeness (QED) is 0.337. The first-order valence-corrected chi connectivity index (χ1v) is 12.3. The molecule has 5 rings (SSSR count). The molecule has 2 aromatic carbocycles. The molecule has 0 radical (unpaired) electrons. The number of rotatable bonds is 7. The predicted molar refractivity (Wildman–Crippen MR) is 136 cm³/mol. The molecule has 0 unspecified atom stereocenters. The summed E-state index contributed by atoms with van der Waals surface area (Å²) in [7, 11) is 0. The fraction of sp³-hybridized carbons (Fsp3) is 0.115. The number of aryl methyl sites for hydroxylation is 1. The monoisotopic (exact) mass is 487 g/mol. The lowest BCUT2D eigenvalue weighted by Gasteiger charge is -2.07. The van der Waals surface area contributed by atoms with Gasteiger partial charge in [0.1, 0.15) is 17.2 Å². The summed E-state index contributed by atoms with van der Waals surface area (Å²) in [6, 6.07) is 23.1. The van der Waals surface area contributed by atoms with Crippen LogP contribution in [-0.2, 0) is 13.2 Å². The van der Waals surface area contributed by atoms with E-state index in [-0.39, 0.29) is 11.5 Å². The van der Waals surface area contributed by atoms with E-state index in [1.54, 1.807) is 30.5 Å². The molecule has 170 valence electrons. The molecule has 0 saturated carbocycles. The largest absolute Gasteiger partial charge is 0.489 e. The van der Waals surface area contributed by atoms with Crippen LogP contribution in [-0.4, -0.2) is 15.5 Å². The van der Waals surface area contributed by atoms with Crippen molar-refractivity contribution in [2.75, 3.05) is 0 Å². The number of pyridine rings is 1. The maximum Gasteiger partial charge on any atom is 0.263 e. The molecule has 0 aliphatic rings. The van der Waals surface area contributed by atoms with Crippen LogP contribution < -0.4 is 15.6 Å². The third-order valence-corrected chi connectivity index (χ3v) is 7.51. The van der Waals surface area contributed by atoms with Crippen LogP contribution in [0.15, 0.2) is 83.8 Å². The number of benzene rings is 2. The van der Waals surface area contributed by atoms with Gasteiger partial charge in [0.2, 0.25) is 0 Å². The minimum absolute atomic E-state index is 0.199. The Balaban J connectivity index is 1.27. The highest BCUT2D eigenvalue weighted by Gasteiger charge is 2.17. The Bertz CT molecular complexity index is 1490. The van der Waals surface area contributed by atoms with E-state index in [9.17, 15) is 9.59 Å². The Labute approximate surface area is 204 Å². The van der Waals surface area contributed by atoms with E-state index in [1.807, 2.05) is 42.5 Å². The number of aromatic nitrogens is 2. The van der Waals surface area contributed by atoms with E-state index in [1.165, 1.54) is 32.1 Å². The molecule has 34 heavy (non-hydrogen) atoms. The highest BCUT2D eigenvalue weighted by molar-refractivity contribution is 7.19. The first kappa shape index (κ1) is 22.1. The molecule has 8 heteroatoms. The molecule has 0 spiro atoms. The van der Waals surface area contributed by atoms with Gasteiger partial charge in [-0.05, 0) is 36.1 Å². The van der Waals surface area contributed by atoms with E-state index in [0.717, 1.165) is 10.4 Å². The summed E-state index contributed by atoms with van der Waals surface area (Å²) in [6.45, 7) is 2.60. The summed E-state index contributed by atoms with van der Waals surface area (Å²) >= 11 is 2.86. The lowest BCUT2D eigenvalue weighted by molar-refractivity contribution is 0.0954. The second kappa shape index (κ2) is 9.62. The van der Waals surface area contributed by atoms with Crippen LogP contribution in [0.4, 0.5) is 0 Å². The average molecular weight is 488 g/mol. The molecule has 0 atom stereocenters. The summed E-state index contributed by atoms with van der Waals surface area (Å²) in [4.78, 5) is 31.5. The Morgan fingerprint density at radius 3 is 2.62 bits per heavy atom. The maximum atomic E-state index is 12.8. The highest BCUT2D eigenvalue weighted by atomic mass is 32.1. The van der Waals surface area contributed by atoms with Crippen molar-refractivity contribution in [1.82, 2.24) is 14.9 Å². The van der Waals surface area contributed by atoms with Crippen LogP contribution in [0, 0.1) is 6.92 Å². The predicted octanol–water partition coefficient (Wildman–Crippen LogP) is 5.33. The number of carbonyl (C=O) groups is 1. The molecule has 5 aromatic rings. The molecule has 6 nitrogen and oxygen atoms in total. The van der Waals surface area contributed by atoms with Gasteiger partial charge in [0.15, 0.2) is 5.13 Å². The smallest absolute Gasteiger partial charge is 0.263 e. The third kappa shape index (κ3) is 4.78. The number of hydrogen-bond donors (Lipinski definition) is 1. The first-order chi connectivity index (χ1) is 16.6. The summed E-state index contributed by atoms with van der Waals surface area (Å²) in [5.74, 6) is 0.286. The number of carbonyl (C=O) groups excluding carboxylic acids is 1. The molecular weight excluding hydrogens is 466 g/mol. The van der Waals surface area contributed by atoms with Gasteiger partial charge in [0.05, 0.1) is 12.2 Å². The number of fused-ring (bicyclic) bond motifs is 1. The summed E-state index contributed by atoms with van der Waals surface area (Å²) in [6.07, 6.45) is 1.62. The number of thiophene rings is 1. The highest BCUT2D eigenvalue weighted by Crippen LogP contribution is 2.26. The fourth-order valence-corrected chi connectivity index (χ4v) is 5.49. The van der Waals surface area contributed by atoms with Crippen LogP contribution in [0.25, 0.3) is 15.2 Å². The van der Waals surface area contributed by atoms with Gasteiger partial charge in [-0.25, -0.2) is 4.98 Å². The lowest BCUT2D eigenvalue weighted by Crippen LogP contribution is -2.22. The Hall–Kier alpha value is -3.75. The minimum atomic E-state index is -0.267. The number of nitrogens with zero attached hydrogens (tertiary/aromatic N) is 2. The van der Waals surface area contributed by atoms with Crippen molar-refractivity contribution in [2.24, 2.45) is 0 Å². The first-order valence-electron chi connectivity index (χ1n) is 10.7. The fourth-order valence-electron chi connectivity index (χ4n) is 3.52. The molecule has 0 aliphatic carbocycles. The van der Waals surface area contributed by atoms with Gasteiger partial charge in [0, 0.05) is 21.8 Å². The Morgan fingerprint density at radius 1 is 1.03 bits per heavy atom. The van der Waals surface area contributed by atoms with Crippen molar-refractivity contribution in [1.29, 1.82) is 0 Å². The number of thiazole rings is 1. The van der Waals surface area contributed by atoms with Gasteiger partial charge in [-0.3, -0.25) is 14.2 Å². The molecule has 0 saturated heterocycles. The van der Waals surface area contributed by atoms with Crippen LogP contribution >= 0.6 is 22.7 Å². The minimum Gasteiger partial charge on any atom is -0.489 e. The molecule has 0 aliphatic heterocycles. The van der Waals surface area contributed by atoms with Gasteiger partial charge in [-0.2, -0.15) is 0 Å². The zero-order valence-corrected chi connectivity index (χ0v) is 20.0. The number of hydrogen-bond acceptors (Lipinski definition) is 6. The van der Waals surface area contributed by atoms with Crippen molar-refractivity contribution < 1.29 is 9.53 Å². The molecule has 1 amide bonds. The van der Waals surface area contributed by atoms with E-state index in [4.69, 9.17) is 4.74 Å². The molecule has 0 bridgehead atoms. The number of amides is 1. The summed E-state index contributed by atoms with van der Waals surface area (Å²) in [5.41, 5.74) is 1.34. The van der Waals surface area contributed by atoms with Gasteiger partial charge in [0.25, 0.3) is 11.5 Å². The second-order valence-corrected chi connectivity index (χ2v) is 9.83. The van der Waals surface area contributed by atoms with Crippen LogP contribution in [0.3, 0.4) is 0 Å². The van der Waals surface area contributed by atoms with Crippen molar-refractivity contribution in [3.8, 4) is 10.9 Å². The molecular formula is C26H21N3O3S2. The van der Waals surface area contributed by atoms with Crippen molar-refractivity contribution in [3.63, 3.8) is 0 Å². The van der Waals surface area contributed by atoms with Gasteiger partial charge in [-0.1, -0.05) is 59.9 Å². The lowest BCUT2D eigenvalue weighted by atomic mass is 10.2. The zero-order valence-electron chi connectivity index (χ0n) is 18.4. The maximum absolute atomic E-state index is 12.8. The van der Waals surface area contributed by atoms with E-state index in [0.29, 0.717) is 34.6 Å². The molecule has 3 aromatic heterocycles. The second-order valence-electron chi connectivity index (χ2n) is 7.69. The normalized spacial score (nSPS) is 11.0. The Kier molecular flexibility index (Phi) is 6.24. The summed E-state index contributed by atoms with van der Waals surface area (Å²) < 4.78 is 8.35. The third-order valence-electron chi connectivity index (χ3n) is 5.24. The van der Waals surface area contributed by atoms with Crippen LogP contribution in [0.5, 0.6) is 5.75 Å². The number of nitrogens with one attached hydrogen (secondary N) is 1. The van der Waals surface area contributed by atoms with Crippen LogP contribution in [0.1, 0.15) is 25.8 Å². The molecule has 3 heterocycles. The van der Waals surface area contributed by atoms with E-state index in [2.05, 4.69) is 28.5 Å². The van der Waals surface area contributed by atoms with E-state index < -0.39 is 0 Å². The van der Waals surface area contributed by atoms with Gasteiger partial charge < -0.3 is 10.1 Å². The number of ether oxygens (including phenoxy) is 1. The van der Waals surface area contributed by atoms with Crippen LogP contribution in [0.2, 0.25) is 0 Å². The topological polar surface area (TPSA) is 73.2 Å². The van der Waals surface area contributed by atoms with E-state index >= 15 is 0 Å². The average Bonchev–Trinajstić information content (AvgIpc) is 3.45. The standard InChI is InChI=1S/C26H21N3O3S2/c1-17-24(25(31)27-15-21-13-19-9-5-6-10-22(19)33-21)34-26(28-17)29-12-11-20(14-23(29)30)32-16-18-7-3-2-4-8-18/h2-14H,15-16H2,1H3,(H,27,31). The SMILES string of the molecule is Cc1nc(-n2ccc(OCc3ccccc3)cc2=O)sc1C(=O)NCc1cc2ccccc2s1. The van der Waals surface area contributed by atoms with Gasteiger partial charge >= 0.3 is 0 Å². The van der Waals surface area contributed by atoms with Crippen molar-refractivity contribution >= 4 is 38.7 Å². The molecule has 1 N–H and O–H groups in total.